The summed E-state index contributed by atoms with van der Waals surface area (Å²) in [5, 5.41) is 4.72. The van der Waals surface area contributed by atoms with E-state index >= 15 is 0 Å². The van der Waals surface area contributed by atoms with Crippen LogP contribution in [0.4, 0.5) is 4.79 Å². The quantitative estimate of drug-likeness (QED) is 0.570. The summed E-state index contributed by atoms with van der Waals surface area (Å²) in [5.41, 5.74) is 1.80. The Morgan fingerprint density at radius 2 is 1.97 bits per heavy atom. The highest BCUT2D eigenvalue weighted by Crippen LogP contribution is 2.30. The largest absolute Gasteiger partial charge is 0.331 e. The summed E-state index contributed by atoms with van der Waals surface area (Å²) in [6, 6.07) is 12.7. The molecule has 2 unspecified atom stereocenters. The zero-order chi connectivity index (χ0) is 21.0. The third-order valence-corrected chi connectivity index (χ3v) is 6.45. The number of urea groups is 1. The van der Waals surface area contributed by atoms with Crippen molar-refractivity contribution in [2.75, 3.05) is 13.6 Å². The van der Waals surface area contributed by atoms with Crippen molar-refractivity contribution in [2.24, 2.45) is 0 Å². The number of hydrogen-bond donors (Lipinski definition) is 1. The minimum Gasteiger partial charge on any atom is -0.331 e. The third kappa shape index (κ3) is 5.58. The van der Waals surface area contributed by atoms with E-state index in [2.05, 4.69) is 17.3 Å². The van der Waals surface area contributed by atoms with Gasteiger partial charge >= 0.3 is 6.03 Å². The molecule has 1 aliphatic rings. The minimum atomic E-state index is -0.274. The van der Waals surface area contributed by atoms with E-state index in [4.69, 9.17) is 34.8 Å². The van der Waals surface area contributed by atoms with Gasteiger partial charge in [0.05, 0.1) is 22.3 Å². The zero-order valence-corrected chi connectivity index (χ0v) is 18.9. The summed E-state index contributed by atoms with van der Waals surface area (Å²) in [7, 11) is 2.07. The lowest BCUT2D eigenvalue weighted by Crippen LogP contribution is -2.54. The van der Waals surface area contributed by atoms with Crippen molar-refractivity contribution >= 4 is 40.8 Å². The van der Waals surface area contributed by atoms with Crippen molar-refractivity contribution in [1.29, 1.82) is 0 Å². The third-order valence-electron chi connectivity index (χ3n) is 5.38. The van der Waals surface area contributed by atoms with Crippen molar-refractivity contribution in [2.45, 2.75) is 44.9 Å². The number of hydrogen-bond acceptors (Lipinski definition) is 2. The van der Waals surface area contributed by atoms with Crippen LogP contribution in [0.25, 0.3) is 0 Å². The molecule has 0 spiro atoms. The van der Waals surface area contributed by atoms with Crippen LogP contribution in [-0.2, 0) is 6.54 Å². The van der Waals surface area contributed by atoms with E-state index in [0.717, 1.165) is 36.9 Å². The van der Waals surface area contributed by atoms with E-state index in [9.17, 15) is 4.79 Å². The van der Waals surface area contributed by atoms with Gasteiger partial charge < -0.3 is 10.2 Å². The first-order valence-corrected chi connectivity index (χ1v) is 11.0. The Bertz CT molecular complexity index is 861. The van der Waals surface area contributed by atoms with Crippen LogP contribution in [0, 0.1) is 0 Å². The summed E-state index contributed by atoms with van der Waals surface area (Å²) in [5.74, 6) is 0. The Kier molecular flexibility index (Phi) is 7.69. The lowest BCUT2D eigenvalue weighted by atomic mass is 10.1. The number of likely N-dealkylation sites (tertiary alicyclic amines) is 1. The molecule has 0 aliphatic carbocycles. The number of nitrogens with zero attached hydrogens (tertiary/aromatic N) is 2. The molecule has 3 rings (SSSR count). The van der Waals surface area contributed by atoms with Crippen molar-refractivity contribution in [1.82, 2.24) is 15.1 Å². The van der Waals surface area contributed by atoms with E-state index in [0.29, 0.717) is 21.6 Å². The molecule has 1 saturated heterocycles. The molecule has 0 bridgehead atoms. The molecule has 29 heavy (non-hydrogen) atoms. The van der Waals surface area contributed by atoms with Crippen LogP contribution >= 0.6 is 34.8 Å². The Morgan fingerprint density at radius 1 is 1.21 bits per heavy atom. The van der Waals surface area contributed by atoms with Gasteiger partial charge in [-0.3, -0.25) is 4.90 Å². The van der Waals surface area contributed by atoms with Crippen molar-refractivity contribution < 1.29 is 4.79 Å². The second-order valence-electron chi connectivity index (χ2n) is 7.53. The lowest BCUT2D eigenvalue weighted by molar-refractivity contribution is 0.0498. The second kappa shape index (κ2) is 10.0. The average Bonchev–Trinajstić information content (AvgIpc) is 2.69. The van der Waals surface area contributed by atoms with Crippen LogP contribution < -0.4 is 5.32 Å². The Hall–Kier alpha value is -1.46. The van der Waals surface area contributed by atoms with Crippen LogP contribution in [0.5, 0.6) is 0 Å². The average molecular weight is 455 g/mol. The highest BCUT2D eigenvalue weighted by Gasteiger charge is 2.30. The van der Waals surface area contributed by atoms with Gasteiger partial charge in [-0.05, 0) is 69.1 Å². The molecule has 1 aliphatic heterocycles. The second-order valence-corrected chi connectivity index (χ2v) is 8.75. The number of nitrogens with one attached hydrogen (secondary N) is 1. The summed E-state index contributed by atoms with van der Waals surface area (Å²) in [4.78, 5) is 17.5. The molecule has 2 amide bonds. The van der Waals surface area contributed by atoms with Crippen LogP contribution in [0.3, 0.4) is 0 Å². The maximum Gasteiger partial charge on any atom is 0.319 e. The molecule has 1 heterocycles. The van der Waals surface area contributed by atoms with Gasteiger partial charge in [-0.1, -0.05) is 59.1 Å². The number of amides is 2. The van der Waals surface area contributed by atoms with Gasteiger partial charge in [-0.25, -0.2) is 4.79 Å². The molecule has 2 aromatic carbocycles. The van der Waals surface area contributed by atoms with Crippen LogP contribution in [0.2, 0.25) is 15.1 Å². The SMILES string of the molecule is CC(NC(=O)N(Cc1cccc(Cl)c1)C1CCCCN1C)c1cccc(Cl)c1Cl. The van der Waals surface area contributed by atoms with Crippen molar-refractivity contribution in [3.63, 3.8) is 0 Å². The van der Waals surface area contributed by atoms with Crippen LogP contribution in [-0.4, -0.2) is 35.6 Å². The van der Waals surface area contributed by atoms with Gasteiger partial charge in [0.1, 0.15) is 0 Å². The summed E-state index contributed by atoms with van der Waals surface area (Å²) in [6.07, 6.45) is 3.22. The number of benzene rings is 2. The van der Waals surface area contributed by atoms with E-state index < -0.39 is 0 Å². The summed E-state index contributed by atoms with van der Waals surface area (Å²) < 4.78 is 0. The maximum atomic E-state index is 13.3. The highest BCUT2D eigenvalue weighted by atomic mass is 35.5. The fourth-order valence-electron chi connectivity index (χ4n) is 3.80. The molecule has 0 saturated carbocycles. The Labute approximate surface area is 187 Å². The van der Waals surface area contributed by atoms with Crippen molar-refractivity contribution in [3.8, 4) is 0 Å². The topological polar surface area (TPSA) is 35.6 Å². The van der Waals surface area contributed by atoms with Gasteiger partial charge in [0.25, 0.3) is 0 Å². The number of carbonyl (C=O) groups is 1. The van der Waals surface area contributed by atoms with Gasteiger partial charge in [0, 0.05) is 11.6 Å². The fourth-order valence-corrected chi connectivity index (χ4v) is 4.48. The van der Waals surface area contributed by atoms with Crippen LogP contribution in [0.1, 0.15) is 43.4 Å². The van der Waals surface area contributed by atoms with E-state index in [1.165, 1.54) is 0 Å². The molecule has 7 heteroatoms. The lowest BCUT2D eigenvalue weighted by Gasteiger charge is -2.41. The number of halogens is 3. The first-order valence-electron chi connectivity index (χ1n) is 9.82. The van der Waals surface area contributed by atoms with Gasteiger partial charge in [0.15, 0.2) is 0 Å². The highest BCUT2D eigenvalue weighted by molar-refractivity contribution is 6.42. The molecule has 0 aromatic heterocycles. The summed E-state index contributed by atoms with van der Waals surface area (Å²) in [6.45, 7) is 3.37. The van der Waals surface area contributed by atoms with Crippen molar-refractivity contribution in [3.05, 3.63) is 68.7 Å². The van der Waals surface area contributed by atoms with Gasteiger partial charge in [-0.15, -0.1) is 0 Å². The molecular weight excluding hydrogens is 429 g/mol. The number of carbonyl (C=O) groups excluding carboxylic acids is 1. The first kappa shape index (κ1) is 22.2. The molecule has 1 fully saturated rings. The normalized spacial score (nSPS) is 18.3. The minimum absolute atomic E-state index is 0.0322. The molecule has 2 aromatic rings. The van der Waals surface area contributed by atoms with Gasteiger partial charge in [0.2, 0.25) is 0 Å². The molecular formula is C22H26Cl3N3O. The Morgan fingerprint density at radius 3 is 2.69 bits per heavy atom. The fraction of sp³-hybridized carbons (Fsp3) is 0.409. The predicted octanol–water partition coefficient (Wildman–Crippen LogP) is 6.36. The van der Waals surface area contributed by atoms with E-state index in [1.807, 2.05) is 48.2 Å². The maximum absolute atomic E-state index is 13.3. The molecule has 0 radical (unpaired) electrons. The van der Waals surface area contributed by atoms with Gasteiger partial charge in [-0.2, -0.15) is 0 Å². The number of piperidine rings is 1. The van der Waals surface area contributed by atoms with Crippen LogP contribution in [0.15, 0.2) is 42.5 Å². The first-order chi connectivity index (χ1) is 13.9. The monoisotopic (exact) mass is 453 g/mol. The number of rotatable bonds is 5. The molecule has 4 nitrogen and oxygen atoms in total. The standard InChI is InChI=1S/C22H26Cl3N3O/c1-15(18-9-6-10-19(24)21(18)25)26-22(29)28(20-11-3-4-12-27(20)2)14-16-7-5-8-17(23)13-16/h5-10,13,15,20H,3-4,11-12,14H2,1-2H3,(H,26,29). The van der Waals surface area contributed by atoms with E-state index in [-0.39, 0.29) is 18.2 Å². The predicted molar refractivity (Wildman–Crippen MR) is 121 cm³/mol. The van der Waals surface area contributed by atoms with E-state index in [1.54, 1.807) is 6.07 Å². The molecule has 1 N–H and O–H groups in total. The molecule has 2 atom stereocenters. The smallest absolute Gasteiger partial charge is 0.319 e. The summed E-state index contributed by atoms with van der Waals surface area (Å²) >= 11 is 18.7. The zero-order valence-electron chi connectivity index (χ0n) is 16.7. The molecule has 156 valence electrons. The Balaban J connectivity index is 1.82.